The van der Waals surface area contributed by atoms with E-state index in [2.05, 4.69) is 21.5 Å². The molecule has 0 saturated heterocycles. The summed E-state index contributed by atoms with van der Waals surface area (Å²) in [6.07, 6.45) is 0. The normalized spacial score (nSPS) is 10.6. The van der Waals surface area contributed by atoms with Crippen molar-refractivity contribution in [3.05, 3.63) is 30.0 Å². The molecule has 0 unspecified atom stereocenters. The van der Waals surface area contributed by atoms with Gasteiger partial charge in [0.15, 0.2) is 5.65 Å². The number of aromatic nitrogens is 3. The zero-order chi connectivity index (χ0) is 12.0. The van der Waals surface area contributed by atoms with Gasteiger partial charge < -0.3 is 5.32 Å². The number of anilines is 1. The maximum Gasteiger partial charge on any atom is 0.160 e. The van der Waals surface area contributed by atoms with Gasteiger partial charge >= 0.3 is 0 Å². The second-order valence-corrected chi connectivity index (χ2v) is 4.16. The summed E-state index contributed by atoms with van der Waals surface area (Å²) in [4.78, 5) is 4.67. The zero-order valence-corrected chi connectivity index (χ0v) is 11.4. The summed E-state index contributed by atoms with van der Waals surface area (Å²) >= 11 is 0. The molecular weight excluding hydrogens is 248 g/mol. The molecule has 5 heteroatoms. The molecule has 1 aromatic carbocycles. The van der Waals surface area contributed by atoms with Crippen LogP contribution < -0.4 is 5.32 Å². The summed E-state index contributed by atoms with van der Waals surface area (Å²) in [6, 6.07) is 8.14. The molecule has 0 atom stereocenters. The predicted octanol–water partition coefficient (Wildman–Crippen LogP) is 2.89. The van der Waals surface area contributed by atoms with E-state index in [-0.39, 0.29) is 12.4 Å². The van der Waals surface area contributed by atoms with E-state index in [9.17, 15) is 0 Å². The van der Waals surface area contributed by atoms with Crippen LogP contribution in [0, 0.1) is 6.92 Å². The molecule has 0 aliphatic heterocycles. The Labute approximate surface area is 111 Å². The highest BCUT2D eigenvalue weighted by Crippen LogP contribution is 2.31. The second kappa shape index (κ2) is 4.46. The number of fused-ring (bicyclic) bond motifs is 2. The summed E-state index contributed by atoms with van der Waals surface area (Å²) in [5, 5.41) is 9.95. The van der Waals surface area contributed by atoms with E-state index in [1.165, 1.54) is 0 Å². The maximum absolute atomic E-state index is 4.67. The smallest absolute Gasteiger partial charge is 0.160 e. The number of nitrogens with one attached hydrogen (secondary N) is 1. The van der Waals surface area contributed by atoms with Gasteiger partial charge in [-0.15, -0.1) is 12.4 Å². The highest BCUT2D eigenvalue weighted by molar-refractivity contribution is 6.07. The summed E-state index contributed by atoms with van der Waals surface area (Å²) in [5.74, 6) is 0. The Morgan fingerprint density at radius 1 is 1.22 bits per heavy atom. The van der Waals surface area contributed by atoms with Crippen LogP contribution >= 0.6 is 12.4 Å². The molecule has 2 aromatic heterocycles. The first-order valence-electron chi connectivity index (χ1n) is 5.62. The van der Waals surface area contributed by atoms with Gasteiger partial charge in [-0.3, -0.25) is 4.68 Å². The maximum atomic E-state index is 4.67. The largest absolute Gasteiger partial charge is 0.387 e. The number of para-hydroxylation sites is 1. The Hall–Kier alpha value is -1.81. The minimum absolute atomic E-state index is 0. The molecule has 0 aliphatic rings. The predicted molar refractivity (Wildman–Crippen MR) is 77.5 cm³/mol. The van der Waals surface area contributed by atoms with Crippen LogP contribution in [-0.4, -0.2) is 21.8 Å². The molecule has 0 saturated carbocycles. The summed E-state index contributed by atoms with van der Waals surface area (Å²) in [7, 11) is 3.87. The van der Waals surface area contributed by atoms with Crippen LogP contribution in [0.4, 0.5) is 5.69 Å². The lowest BCUT2D eigenvalue weighted by atomic mass is 10.1. The molecule has 0 fully saturated rings. The number of aryl methyl sites for hydroxylation is 2. The van der Waals surface area contributed by atoms with E-state index in [1.54, 1.807) is 0 Å². The number of pyridine rings is 1. The zero-order valence-electron chi connectivity index (χ0n) is 10.6. The van der Waals surface area contributed by atoms with Gasteiger partial charge in [-0.2, -0.15) is 5.10 Å². The SMILES string of the molecule is CNc1c2ccccc2nc2c1c(C)nn2C.Cl. The van der Waals surface area contributed by atoms with Gasteiger partial charge in [0.05, 0.1) is 22.3 Å². The van der Waals surface area contributed by atoms with Crippen LogP contribution in [0.3, 0.4) is 0 Å². The van der Waals surface area contributed by atoms with Crippen LogP contribution in [0.25, 0.3) is 21.9 Å². The minimum Gasteiger partial charge on any atom is -0.387 e. The molecule has 94 valence electrons. The third-order valence-electron chi connectivity index (χ3n) is 3.09. The van der Waals surface area contributed by atoms with Crippen LogP contribution in [0.5, 0.6) is 0 Å². The number of hydrogen-bond acceptors (Lipinski definition) is 3. The average Bonchev–Trinajstić information content (AvgIpc) is 2.62. The highest BCUT2D eigenvalue weighted by atomic mass is 35.5. The van der Waals surface area contributed by atoms with Crippen molar-refractivity contribution < 1.29 is 0 Å². The van der Waals surface area contributed by atoms with E-state index in [0.29, 0.717) is 0 Å². The Morgan fingerprint density at radius 2 is 1.94 bits per heavy atom. The Kier molecular flexibility index (Phi) is 3.13. The van der Waals surface area contributed by atoms with Crippen LogP contribution in [0.15, 0.2) is 24.3 Å². The molecule has 4 nitrogen and oxygen atoms in total. The van der Waals surface area contributed by atoms with Crippen molar-refractivity contribution in [3.63, 3.8) is 0 Å². The average molecular weight is 263 g/mol. The van der Waals surface area contributed by atoms with Gasteiger partial charge in [0, 0.05) is 19.5 Å². The van der Waals surface area contributed by atoms with E-state index < -0.39 is 0 Å². The van der Waals surface area contributed by atoms with E-state index in [4.69, 9.17) is 0 Å². The third-order valence-corrected chi connectivity index (χ3v) is 3.09. The highest BCUT2D eigenvalue weighted by Gasteiger charge is 2.13. The minimum atomic E-state index is 0. The Bertz CT molecular complexity index is 718. The number of nitrogens with zero attached hydrogens (tertiary/aromatic N) is 3. The summed E-state index contributed by atoms with van der Waals surface area (Å²) < 4.78 is 1.83. The van der Waals surface area contributed by atoms with Gasteiger partial charge in [-0.25, -0.2) is 4.98 Å². The number of halogens is 1. The van der Waals surface area contributed by atoms with Crippen LogP contribution in [0.1, 0.15) is 5.69 Å². The van der Waals surface area contributed by atoms with Gasteiger partial charge in [0.25, 0.3) is 0 Å². The summed E-state index contributed by atoms with van der Waals surface area (Å²) in [5.41, 5.74) is 4.03. The van der Waals surface area contributed by atoms with E-state index >= 15 is 0 Å². The fourth-order valence-electron chi connectivity index (χ4n) is 2.36. The van der Waals surface area contributed by atoms with Gasteiger partial charge in [-0.1, -0.05) is 18.2 Å². The number of rotatable bonds is 1. The molecule has 1 N–H and O–H groups in total. The first-order chi connectivity index (χ1) is 8.22. The first kappa shape index (κ1) is 12.6. The molecule has 0 spiro atoms. The van der Waals surface area contributed by atoms with Crippen molar-refractivity contribution in [2.45, 2.75) is 6.92 Å². The quantitative estimate of drug-likeness (QED) is 0.733. The first-order valence-corrected chi connectivity index (χ1v) is 5.62. The Balaban J connectivity index is 0.00000120. The molecule has 3 rings (SSSR count). The second-order valence-electron chi connectivity index (χ2n) is 4.16. The van der Waals surface area contributed by atoms with E-state index in [1.807, 2.05) is 43.9 Å². The van der Waals surface area contributed by atoms with Crippen molar-refractivity contribution in [1.82, 2.24) is 14.8 Å². The van der Waals surface area contributed by atoms with Gasteiger partial charge in [0.1, 0.15) is 0 Å². The standard InChI is InChI=1S/C13H14N4.ClH/c1-8-11-12(14-2)9-6-4-5-7-10(9)15-13(11)17(3)16-8;/h4-7H,1-3H3,(H,14,15);1H. The molecule has 18 heavy (non-hydrogen) atoms. The van der Waals surface area contributed by atoms with Crippen molar-refractivity contribution in [2.75, 3.05) is 12.4 Å². The molecule has 0 amide bonds. The number of benzene rings is 1. The molecular formula is C13H15ClN4. The lowest BCUT2D eigenvalue weighted by Crippen LogP contribution is -1.96. The van der Waals surface area contributed by atoms with Gasteiger partial charge in [-0.05, 0) is 13.0 Å². The topological polar surface area (TPSA) is 42.7 Å². The number of hydrogen-bond donors (Lipinski definition) is 1. The van der Waals surface area contributed by atoms with Crippen molar-refractivity contribution in [3.8, 4) is 0 Å². The third kappa shape index (κ3) is 1.61. The fourth-order valence-corrected chi connectivity index (χ4v) is 2.36. The summed E-state index contributed by atoms with van der Waals surface area (Å²) in [6.45, 7) is 2.01. The Morgan fingerprint density at radius 3 is 2.67 bits per heavy atom. The van der Waals surface area contributed by atoms with Gasteiger partial charge in [0.2, 0.25) is 0 Å². The fraction of sp³-hybridized carbons (Fsp3) is 0.231. The van der Waals surface area contributed by atoms with Crippen molar-refractivity contribution in [2.24, 2.45) is 7.05 Å². The van der Waals surface area contributed by atoms with E-state index in [0.717, 1.165) is 33.3 Å². The molecule has 0 radical (unpaired) electrons. The monoisotopic (exact) mass is 262 g/mol. The molecule has 0 aliphatic carbocycles. The lowest BCUT2D eigenvalue weighted by Gasteiger charge is -2.07. The van der Waals surface area contributed by atoms with Crippen molar-refractivity contribution >= 4 is 40.0 Å². The molecule has 3 aromatic rings. The van der Waals surface area contributed by atoms with Crippen LogP contribution in [0.2, 0.25) is 0 Å². The van der Waals surface area contributed by atoms with Crippen molar-refractivity contribution in [1.29, 1.82) is 0 Å². The molecule has 2 heterocycles. The molecule has 0 bridgehead atoms. The van der Waals surface area contributed by atoms with Crippen LogP contribution in [-0.2, 0) is 7.05 Å². The lowest BCUT2D eigenvalue weighted by molar-refractivity contribution is 0.775.